The zero-order valence-corrected chi connectivity index (χ0v) is 23.8. The zero-order chi connectivity index (χ0) is 28.2. The molecule has 0 bridgehead atoms. The van der Waals surface area contributed by atoms with Crippen LogP contribution in [0.5, 0.6) is 5.75 Å². The molecule has 4 aromatic carbocycles. The topological polar surface area (TPSA) is 83.5 Å². The first kappa shape index (κ1) is 26.8. The summed E-state index contributed by atoms with van der Waals surface area (Å²) in [7, 11) is 0. The van der Waals surface area contributed by atoms with E-state index >= 15 is 0 Å². The van der Waals surface area contributed by atoms with Crippen molar-refractivity contribution in [3.8, 4) is 17.0 Å². The van der Waals surface area contributed by atoms with Crippen molar-refractivity contribution >= 4 is 62.1 Å². The number of para-hydroxylation sites is 2. The van der Waals surface area contributed by atoms with Crippen LogP contribution in [0.3, 0.4) is 0 Å². The number of thioether (sulfide) groups is 1. The number of benzene rings is 4. The predicted octanol–water partition coefficient (Wildman–Crippen LogP) is 7.72. The number of carbonyl (C=O) groups excluding carboxylic acids is 1. The number of nitrogens with zero attached hydrogens (tertiary/aromatic N) is 4. The molecule has 1 fully saturated rings. The lowest BCUT2D eigenvalue weighted by atomic mass is 10.1. The lowest BCUT2D eigenvalue weighted by molar-refractivity contribution is -0.124. The van der Waals surface area contributed by atoms with Crippen molar-refractivity contribution in [1.29, 1.82) is 0 Å². The fraction of sp³-hybridized carbons (Fsp3) is 0.125. The Bertz CT molecular complexity index is 1820. The maximum atomic E-state index is 13.1. The maximum absolute atomic E-state index is 13.1. The molecule has 5 aromatic rings. The van der Waals surface area contributed by atoms with Gasteiger partial charge in [0.15, 0.2) is 5.17 Å². The van der Waals surface area contributed by atoms with Gasteiger partial charge in [0.05, 0.1) is 46.8 Å². The molecule has 0 unspecified atom stereocenters. The number of amides is 1. The minimum atomic E-state index is -0.0447. The summed E-state index contributed by atoms with van der Waals surface area (Å²) in [4.78, 5) is 33.0. The molecule has 1 aliphatic heterocycles. The van der Waals surface area contributed by atoms with E-state index in [-0.39, 0.29) is 12.5 Å². The monoisotopic (exact) mass is 579 g/mol. The number of aliphatic imine (C=N–C) groups is 1. The third-order valence-corrected chi connectivity index (χ3v) is 7.68. The molecule has 41 heavy (non-hydrogen) atoms. The van der Waals surface area contributed by atoms with Crippen LogP contribution in [0.2, 0.25) is 5.02 Å². The number of carbonyl (C=O) groups is 1. The predicted molar refractivity (Wildman–Crippen MR) is 167 cm³/mol. The molecule has 1 saturated heterocycles. The van der Waals surface area contributed by atoms with E-state index in [1.165, 1.54) is 11.8 Å². The third-order valence-electron chi connectivity index (χ3n) is 6.48. The minimum Gasteiger partial charge on any atom is -0.494 e. The van der Waals surface area contributed by atoms with Crippen molar-refractivity contribution in [3.05, 3.63) is 108 Å². The van der Waals surface area contributed by atoms with E-state index in [2.05, 4.69) is 4.98 Å². The molecule has 0 radical (unpaired) electrons. The van der Waals surface area contributed by atoms with Gasteiger partial charge in [-0.15, -0.1) is 0 Å². The van der Waals surface area contributed by atoms with Gasteiger partial charge in [-0.2, -0.15) is 0 Å². The molecule has 1 amide bonds. The standard InChI is InChI=1S/C32H26ClN5O2S/c1-2-40-24-15-13-23(14-16-24)34-32-38(30(39)20-41-32)19-29-35-26-17-12-22(33)18-25(26)31(21-8-4-3-5-9-21)37-28-11-7-6-10-27(28)36-29/h3-18,37H,2,19-20H2,1H3. The Morgan fingerprint density at radius 3 is 2.51 bits per heavy atom. The Balaban J connectivity index is 1.50. The van der Waals surface area contributed by atoms with Gasteiger partial charge < -0.3 is 9.72 Å². The van der Waals surface area contributed by atoms with Crippen LogP contribution in [-0.4, -0.2) is 43.3 Å². The molecule has 2 heterocycles. The fourth-order valence-corrected chi connectivity index (χ4v) is 5.64. The number of amidine groups is 1. The fourth-order valence-electron chi connectivity index (χ4n) is 4.56. The van der Waals surface area contributed by atoms with E-state index in [4.69, 9.17) is 31.3 Å². The highest BCUT2D eigenvalue weighted by Gasteiger charge is 2.29. The normalized spacial score (nSPS) is 14.1. The molecule has 0 saturated carbocycles. The first-order chi connectivity index (χ1) is 20.1. The molecule has 1 N–H and O–H groups in total. The third kappa shape index (κ3) is 6.04. The number of hydrogen-bond donors (Lipinski definition) is 1. The SMILES string of the molecule is CCOc1ccc(N=C2SCC(=O)N2Cc2nc3ccccc3[nH]c(-c3ccccc3)c3cc(Cl)ccc3n2)cc1. The van der Waals surface area contributed by atoms with Crippen LogP contribution in [0.1, 0.15) is 12.7 Å². The van der Waals surface area contributed by atoms with E-state index in [1.54, 1.807) is 4.90 Å². The number of aromatic amines is 1. The first-order valence-electron chi connectivity index (χ1n) is 13.2. The quantitative estimate of drug-likeness (QED) is 0.223. The Kier molecular flexibility index (Phi) is 7.84. The van der Waals surface area contributed by atoms with Crippen LogP contribution in [0, 0.1) is 0 Å². The summed E-state index contributed by atoms with van der Waals surface area (Å²) < 4.78 is 5.54. The van der Waals surface area contributed by atoms with Crippen molar-refractivity contribution in [2.75, 3.05) is 12.4 Å². The van der Waals surface area contributed by atoms with E-state index < -0.39 is 0 Å². The molecule has 0 atom stereocenters. The van der Waals surface area contributed by atoms with E-state index in [0.717, 1.165) is 33.6 Å². The second kappa shape index (κ2) is 12.0. The van der Waals surface area contributed by atoms with Gasteiger partial charge in [0, 0.05) is 10.4 Å². The number of hydrogen-bond acceptors (Lipinski definition) is 6. The first-order valence-corrected chi connectivity index (χ1v) is 14.6. The van der Waals surface area contributed by atoms with Gasteiger partial charge in [-0.25, -0.2) is 15.0 Å². The number of halogens is 1. The maximum Gasteiger partial charge on any atom is 0.239 e. The summed E-state index contributed by atoms with van der Waals surface area (Å²) in [5.74, 6) is 1.52. The molecule has 0 aliphatic carbocycles. The highest BCUT2D eigenvalue weighted by atomic mass is 35.5. The zero-order valence-electron chi connectivity index (χ0n) is 22.3. The summed E-state index contributed by atoms with van der Waals surface area (Å²) in [6.07, 6.45) is 0. The lowest BCUT2D eigenvalue weighted by Gasteiger charge is -2.15. The number of nitrogens with one attached hydrogen (secondary N) is 1. The summed E-state index contributed by atoms with van der Waals surface area (Å²) in [6, 6.07) is 30.9. The molecule has 9 heteroatoms. The number of H-pyrrole nitrogens is 1. The molecular weight excluding hydrogens is 554 g/mol. The molecule has 7 nitrogen and oxygen atoms in total. The second-order valence-corrected chi connectivity index (χ2v) is 10.7. The van der Waals surface area contributed by atoms with Gasteiger partial charge in [0.1, 0.15) is 11.6 Å². The van der Waals surface area contributed by atoms with Crippen molar-refractivity contribution in [2.24, 2.45) is 4.99 Å². The smallest absolute Gasteiger partial charge is 0.239 e. The van der Waals surface area contributed by atoms with Crippen molar-refractivity contribution in [1.82, 2.24) is 19.9 Å². The summed E-state index contributed by atoms with van der Waals surface area (Å²) in [5.41, 5.74) is 4.80. The molecule has 1 aliphatic rings. The Morgan fingerprint density at radius 2 is 1.71 bits per heavy atom. The van der Waals surface area contributed by atoms with Crippen LogP contribution in [0.15, 0.2) is 102 Å². The van der Waals surface area contributed by atoms with Gasteiger partial charge in [0.25, 0.3) is 0 Å². The molecule has 1 aromatic heterocycles. The summed E-state index contributed by atoms with van der Waals surface area (Å²) in [5, 5.41) is 2.03. The van der Waals surface area contributed by atoms with Gasteiger partial charge in [-0.05, 0) is 67.1 Å². The van der Waals surface area contributed by atoms with Crippen molar-refractivity contribution < 1.29 is 9.53 Å². The molecular formula is C32H26ClN5O2S. The average Bonchev–Trinajstić information content (AvgIpc) is 3.35. The van der Waals surface area contributed by atoms with Crippen LogP contribution in [0.25, 0.3) is 33.2 Å². The Hall–Kier alpha value is -4.40. The minimum absolute atomic E-state index is 0.0447. The van der Waals surface area contributed by atoms with Gasteiger partial charge in [-0.1, -0.05) is 65.8 Å². The Labute approximate surface area is 246 Å². The van der Waals surface area contributed by atoms with Crippen molar-refractivity contribution in [3.63, 3.8) is 0 Å². The highest BCUT2D eigenvalue weighted by molar-refractivity contribution is 8.15. The average molecular weight is 580 g/mol. The van der Waals surface area contributed by atoms with Crippen LogP contribution < -0.4 is 4.74 Å². The molecule has 204 valence electrons. The number of fused-ring (bicyclic) bond motifs is 2. The van der Waals surface area contributed by atoms with Crippen LogP contribution in [-0.2, 0) is 11.3 Å². The van der Waals surface area contributed by atoms with Gasteiger partial charge in [-0.3, -0.25) is 9.69 Å². The number of ether oxygens (including phenoxy) is 1. The van der Waals surface area contributed by atoms with Crippen LogP contribution >= 0.6 is 23.4 Å². The van der Waals surface area contributed by atoms with Gasteiger partial charge in [0.2, 0.25) is 5.91 Å². The van der Waals surface area contributed by atoms with Gasteiger partial charge >= 0.3 is 0 Å². The number of aromatic nitrogens is 3. The van der Waals surface area contributed by atoms with Crippen LogP contribution in [0.4, 0.5) is 5.69 Å². The Morgan fingerprint density at radius 1 is 0.951 bits per heavy atom. The summed E-state index contributed by atoms with van der Waals surface area (Å²) in [6.45, 7) is 2.70. The number of rotatable bonds is 6. The van der Waals surface area contributed by atoms with E-state index in [0.29, 0.717) is 39.4 Å². The summed E-state index contributed by atoms with van der Waals surface area (Å²) >= 11 is 7.89. The van der Waals surface area contributed by atoms with E-state index in [9.17, 15) is 4.79 Å². The molecule has 6 rings (SSSR count). The second-order valence-electron chi connectivity index (χ2n) is 9.27. The lowest BCUT2D eigenvalue weighted by Crippen LogP contribution is -2.29. The van der Waals surface area contributed by atoms with Crippen molar-refractivity contribution in [2.45, 2.75) is 13.5 Å². The highest BCUT2D eigenvalue weighted by Crippen LogP contribution is 2.29. The van der Waals surface area contributed by atoms with E-state index in [1.807, 2.05) is 104 Å². The molecule has 0 spiro atoms. The largest absolute Gasteiger partial charge is 0.494 e.